The monoisotopic (exact) mass is 609 g/mol. The third kappa shape index (κ3) is 29.8. The number of aliphatic hydroxyl groups is 1. The Morgan fingerprint density at radius 2 is 1.10 bits per heavy atom. The van der Waals surface area contributed by atoms with Crippen LogP contribution in [0.4, 0.5) is 0 Å². The lowest BCUT2D eigenvalue weighted by molar-refractivity contribution is -0.122. The molecule has 3 N–H and O–H groups in total. The molecule has 0 aliphatic carbocycles. The maximum absolute atomic E-state index is 12.4. The van der Waals surface area contributed by atoms with Crippen molar-refractivity contribution in [2.24, 2.45) is 0 Å². The van der Waals surface area contributed by atoms with Crippen LogP contribution in [-0.4, -0.2) is 41.9 Å². The summed E-state index contributed by atoms with van der Waals surface area (Å²) in [5.41, 5.74) is 0. The fourth-order valence-electron chi connectivity index (χ4n) is 4.67. The van der Waals surface area contributed by atoms with Gasteiger partial charge in [0.2, 0.25) is 5.91 Å². The average molecular weight is 610 g/mol. The van der Waals surface area contributed by atoms with Gasteiger partial charge in [-0.2, -0.15) is 8.42 Å². The predicted octanol–water partition coefficient (Wildman–Crippen LogP) is 9.18. The molecular formula is C35H63NO5S. The van der Waals surface area contributed by atoms with Crippen molar-refractivity contribution in [3.63, 3.8) is 0 Å². The van der Waals surface area contributed by atoms with Crippen LogP contribution in [0.15, 0.2) is 48.6 Å². The number of allylic oxidation sites excluding steroid dienone is 7. The predicted molar refractivity (Wildman–Crippen MR) is 179 cm³/mol. The summed E-state index contributed by atoms with van der Waals surface area (Å²) in [6, 6.07) is -1.08. The Hall–Kier alpha value is -1.70. The lowest BCUT2D eigenvalue weighted by Crippen LogP contribution is -2.46. The molecule has 0 radical (unpaired) electrons. The summed E-state index contributed by atoms with van der Waals surface area (Å²) in [6.07, 6.45) is 38.1. The molecule has 0 aliphatic rings. The number of aliphatic hydroxyl groups excluding tert-OH is 1. The average Bonchev–Trinajstić information content (AvgIpc) is 2.94. The van der Waals surface area contributed by atoms with Crippen LogP contribution in [-0.2, 0) is 14.9 Å². The fourth-order valence-corrected chi connectivity index (χ4v) is 5.40. The van der Waals surface area contributed by atoms with Gasteiger partial charge in [-0.25, -0.2) is 0 Å². The second-order valence-electron chi connectivity index (χ2n) is 11.4. The summed E-state index contributed by atoms with van der Waals surface area (Å²) < 4.78 is 32.2. The van der Waals surface area contributed by atoms with Gasteiger partial charge in [0.15, 0.2) is 0 Å². The Morgan fingerprint density at radius 3 is 1.67 bits per heavy atom. The zero-order valence-electron chi connectivity index (χ0n) is 26.9. The topological polar surface area (TPSA) is 104 Å². The van der Waals surface area contributed by atoms with Crippen LogP contribution in [0.3, 0.4) is 0 Å². The first-order chi connectivity index (χ1) is 20.3. The maximum atomic E-state index is 12.4. The largest absolute Gasteiger partial charge is 0.387 e. The lowest BCUT2D eigenvalue weighted by atomic mass is 10.1. The van der Waals surface area contributed by atoms with E-state index >= 15 is 0 Å². The number of unbranched alkanes of at least 4 members (excludes halogenated alkanes) is 15. The quantitative estimate of drug-likeness (QED) is 0.0446. The summed E-state index contributed by atoms with van der Waals surface area (Å²) in [7, 11) is -4.35. The van der Waals surface area contributed by atoms with Crippen molar-refractivity contribution < 1.29 is 22.9 Å². The molecular weight excluding hydrogens is 546 g/mol. The Morgan fingerprint density at radius 1 is 0.643 bits per heavy atom. The molecule has 0 saturated carbocycles. The smallest absolute Gasteiger partial charge is 0.267 e. The number of carbonyl (C=O) groups is 1. The van der Waals surface area contributed by atoms with E-state index in [1.54, 1.807) is 6.08 Å². The van der Waals surface area contributed by atoms with Crippen molar-refractivity contribution in [1.82, 2.24) is 5.32 Å². The molecule has 2 atom stereocenters. The molecule has 0 bridgehead atoms. The van der Waals surface area contributed by atoms with Crippen molar-refractivity contribution in [3.05, 3.63) is 48.6 Å². The highest BCUT2D eigenvalue weighted by atomic mass is 32.2. The highest BCUT2D eigenvalue weighted by molar-refractivity contribution is 7.85. The summed E-state index contributed by atoms with van der Waals surface area (Å²) >= 11 is 0. The summed E-state index contributed by atoms with van der Waals surface area (Å²) in [5, 5.41) is 13.1. The highest BCUT2D eigenvalue weighted by Crippen LogP contribution is 2.10. The minimum absolute atomic E-state index is 0.270. The van der Waals surface area contributed by atoms with Crippen molar-refractivity contribution >= 4 is 16.0 Å². The Balaban J connectivity index is 4.11. The zero-order valence-corrected chi connectivity index (χ0v) is 27.7. The molecule has 0 fully saturated rings. The molecule has 244 valence electrons. The van der Waals surface area contributed by atoms with E-state index in [-0.39, 0.29) is 12.3 Å². The first-order valence-corrected chi connectivity index (χ1v) is 18.4. The van der Waals surface area contributed by atoms with Crippen LogP contribution >= 0.6 is 0 Å². The van der Waals surface area contributed by atoms with Gasteiger partial charge < -0.3 is 10.4 Å². The molecule has 0 heterocycles. The Kier molecular flexibility index (Phi) is 28.2. The number of amides is 1. The standard InChI is InChI=1S/C35H63NO5S/c1-3-5-7-9-11-13-15-16-17-18-19-21-23-25-27-29-31-35(38)36-33(32-42(39,40)41)34(37)30-28-26-24-22-20-14-12-10-8-6-4-2/h13,15,17-18,20,22,28,30,33-34,37H,3-12,14,16,19,21,23-27,29,31-32H2,1-2H3,(H,36,38)(H,39,40,41)/b15-13-,18-17-,22-20+,30-28+. The van der Waals surface area contributed by atoms with E-state index in [0.29, 0.717) is 12.8 Å². The van der Waals surface area contributed by atoms with Gasteiger partial charge in [-0.3, -0.25) is 9.35 Å². The highest BCUT2D eigenvalue weighted by Gasteiger charge is 2.24. The number of hydrogen-bond acceptors (Lipinski definition) is 4. The summed E-state index contributed by atoms with van der Waals surface area (Å²) in [6.45, 7) is 4.45. The van der Waals surface area contributed by atoms with E-state index in [4.69, 9.17) is 0 Å². The molecule has 0 aromatic carbocycles. The molecule has 2 unspecified atom stereocenters. The normalized spacial score (nSPS) is 14.1. The first-order valence-electron chi connectivity index (χ1n) is 16.8. The van der Waals surface area contributed by atoms with E-state index in [1.807, 2.05) is 0 Å². The molecule has 7 heteroatoms. The Labute approximate surface area is 259 Å². The van der Waals surface area contributed by atoms with Gasteiger partial charge in [-0.1, -0.05) is 127 Å². The number of nitrogens with one attached hydrogen (secondary N) is 1. The van der Waals surface area contributed by atoms with E-state index in [0.717, 1.165) is 51.4 Å². The van der Waals surface area contributed by atoms with Gasteiger partial charge in [0, 0.05) is 6.42 Å². The first kappa shape index (κ1) is 40.3. The van der Waals surface area contributed by atoms with Crippen LogP contribution in [0.25, 0.3) is 0 Å². The fraction of sp³-hybridized carbons (Fsp3) is 0.743. The SMILES string of the molecule is CCCCCC/C=C\C/C=C\CCCCCCCC(=O)NC(CS(=O)(=O)O)C(O)/C=C/CC/C=C/CCCCCCC. The molecule has 42 heavy (non-hydrogen) atoms. The van der Waals surface area contributed by atoms with Gasteiger partial charge in [0.25, 0.3) is 10.1 Å². The van der Waals surface area contributed by atoms with Crippen LogP contribution in [0.1, 0.15) is 149 Å². The summed E-state index contributed by atoms with van der Waals surface area (Å²) in [5.74, 6) is -1.02. The van der Waals surface area contributed by atoms with E-state index in [2.05, 4.69) is 55.6 Å². The molecule has 1 amide bonds. The molecule has 0 aromatic heterocycles. The third-order valence-corrected chi connectivity index (χ3v) is 8.01. The van der Waals surface area contributed by atoms with Crippen molar-refractivity contribution in [2.45, 2.75) is 161 Å². The number of carbonyl (C=O) groups excluding carboxylic acids is 1. The van der Waals surface area contributed by atoms with E-state index in [1.165, 1.54) is 70.3 Å². The molecule has 6 nitrogen and oxygen atoms in total. The van der Waals surface area contributed by atoms with Crippen LogP contribution in [0.2, 0.25) is 0 Å². The lowest BCUT2D eigenvalue weighted by Gasteiger charge is -2.21. The van der Waals surface area contributed by atoms with Crippen LogP contribution in [0.5, 0.6) is 0 Å². The van der Waals surface area contributed by atoms with Crippen LogP contribution in [0, 0.1) is 0 Å². The number of hydrogen-bond donors (Lipinski definition) is 3. The second kappa shape index (κ2) is 29.4. The van der Waals surface area contributed by atoms with Gasteiger partial charge in [-0.15, -0.1) is 0 Å². The molecule has 0 aromatic rings. The number of rotatable bonds is 29. The minimum atomic E-state index is -4.35. The van der Waals surface area contributed by atoms with Gasteiger partial charge in [-0.05, 0) is 64.2 Å². The second-order valence-corrected chi connectivity index (χ2v) is 12.9. The molecule has 0 spiro atoms. The van der Waals surface area contributed by atoms with Gasteiger partial charge in [0.1, 0.15) is 0 Å². The van der Waals surface area contributed by atoms with E-state index in [9.17, 15) is 22.9 Å². The van der Waals surface area contributed by atoms with E-state index < -0.39 is 28.0 Å². The molecule has 0 aliphatic heterocycles. The third-order valence-electron chi connectivity index (χ3n) is 7.23. The van der Waals surface area contributed by atoms with Crippen LogP contribution < -0.4 is 5.32 Å². The Bertz CT molecular complexity index is 847. The van der Waals surface area contributed by atoms with Crippen molar-refractivity contribution in [2.75, 3.05) is 5.75 Å². The summed E-state index contributed by atoms with van der Waals surface area (Å²) in [4.78, 5) is 12.4. The minimum Gasteiger partial charge on any atom is -0.387 e. The van der Waals surface area contributed by atoms with Gasteiger partial charge in [0.05, 0.1) is 17.9 Å². The van der Waals surface area contributed by atoms with Crippen molar-refractivity contribution in [1.29, 1.82) is 0 Å². The molecule has 0 rings (SSSR count). The van der Waals surface area contributed by atoms with Crippen molar-refractivity contribution in [3.8, 4) is 0 Å². The zero-order chi connectivity index (χ0) is 31.2. The maximum Gasteiger partial charge on any atom is 0.267 e. The van der Waals surface area contributed by atoms with Gasteiger partial charge >= 0.3 is 0 Å². The molecule has 0 saturated heterocycles.